The largest absolute Gasteiger partial charge is 0.493 e. The molecule has 0 unspecified atom stereocenters. The van der Waals surface area contributed by atoms with Crippen molar-refractivity contribution in [1.82, 2.24) is 5.43 Å². The summed E-state index contributed by atoms with van der Waals surface area (Å²) in [5, 5.41) is 4.11. The molecule has 0 aromatic heterocycles. The molecule has 0 atom stereocenters. The number of thiocarbonyl (C=S) groups is 1. The Morgan fingerprint density at radius 2 is 2.00 bits per heavy atom. The van der Waals surface area contributed by atoms with Crippen LogP contribution in [0.15, 0.2) is 29.4 Å². The van der Waals surface area contributed by atoms with E-state index in [0.717, 1.165) is 11.3 Å². The standard InChI is InChI=1S/C13H17N3O2S/c1-9(15-16-13(14)19)4-5-10-6-7-11(17-2)12(8-10)18-3/h4-8H,1-3H3,(H3,14,16,19). The first-order chi connectivity index (χ1) is 9.06. The fraction of sp³-hybridized carbons (Fsp3) is 0.231. The third kappa shape index (κ3) is 4.97. The number of hydrogen-bond acceptors (Lipinski definition) is 4. The molecular weight excluding hydrogens is 262 g/mol. The number of ether oxygens (including phenoxy) is 2. The van der Waals surface area contributed by atoms with Crippen LogP contribution < -0.4 is 20.6 Å². The first-order valence-electron chi connectivity index (χ1n) is 5.56. The molecule has 1 rings (SSSR count). The second-order valence-corrected chi connectivity index (χ2v) is 4.12. The Kier molecular flexibility index (Phi) is 5.81. The van der Waals surface area contributed by atoms with Crippen molar-refractivity contribution in [3.63, 3.8) is 0 Å². The molecule has 6 heteroatoms. The summed E-state index contributed by atoms with van der Waals surface area (Å²) in [5.41, 5.74) is 9.53. The number of nitrogens with one attached hydrogen (secondary N) is 1. The zero-order chi connectivity index (χ0) is 14.3. The van der Waals surface area contributed by atoms with E-state index >= 15 is 0 Å². The molecule has 0 fully saturated rings. The fourth-order valence-corrected chi connectivity index (χ4v) is 1.40. The van der Waals surface area contributed by atoms with Gasteiger partial charge in [-0.1, -0.05) is 12.1 Å². The molecule has 19 heavy (non-hydrogen) atoms. The highest BCUT2D eigenvalue weighted by Crippen LogP contribution is 2.27. The molecule has 5 nitrogen and oxygen atoms in total. The van der Waals surface area contributed by atoms with E-state index in [4.69, 9.17) is 15.2 Å². The van der Waals surface area contributed by atoms with Crippen LogP contribution in [0.4, 0.5) is 0 Å². The predicted molar refractivity (Wildman–Crippen MR) is 81.6 cm³/mol. The van der Waals surface area contributed by atoms with Gasteiger partial charge in [-0.05, 0) is 42.9 Å². The first-order valence-corrected chi connectivity index (χ1v) is 5.97. The highest BCUT2D eigenvalue weighted by atomic mass is 32.1. The van der Waals surface area contributed by atoms with Crippen LogP contribution in [-0.2, 0) is 0 Å². The maximum absolute atomic E-state index is 5.28. The number of benzene rings is 1. The highest BCUT2D eigenvalue weighted by Gasteiger charge is 2.02. The Morgan fingerprint density at radius 3 is 2.58 bits per heavy atom. The molecule has 0 aliphatic heterocycles. The second-order valence-electron chi connectivity index (χ2n) is 3.68. The van der Waals surface area contributed by atoms with E-state index in [-0.39, 0.29) is 5.11 Å². The predicted octanol–water partition coefficient (Wildman–Crippen LogP) is 1.93. The van der Waals surface area contributed by atoms with Gasteiger partial charge in [-0.2, -0.15) is 5.10 Å². The van der Waals surface area contributed by atoms with Crippen molar-refractivity contribution in [3.8, 4) is 11.5 Å². The summed E-state index contributed by atoms with van der Waals surface area (Å²) in [6.45, 7) is 1.84. The van der Waals surface area contributed by atoms with Gasteiger partial charge in [0.15, 0.2) is 16.6 Å². The van der Waals surface area contributed by atoms with Crippen molar-refractivity contribution in [2.75, 3.05) is 14.2 Å². The lowest BCUT2D eigenvalue weighted by molar-refractivity contribution is 0.355. The van der Waals surface area contributed by atoms with Crippen LogP contribution in [0.3, 0.4) is 0 Å². The van der Waals surface area contributed by atoms with Crippen molar-refractivity contribution in [1.29, 1.82) is 0 Å². The Balaban J connectivity index is 2.82. The second kappa shape index (κ2) is 7.38. The van der Waals surface area contributed by atoms with Gasteiger partial charge >= 0.3 is 0 Å². The quantitative estimate of drug-likeness (QED) is 0.489. The molecule has 0 heterocycles. The maximum Gasteiger partial charge on any atom is 0.184 e. The number of hydrazone groups is 1. The Labute approximate surface area is 118 Å². The van der Waals surface area contributed by atoms with Crippen LogP contribution in [0.25, 0.3) is 6.08 Å². The van der Waals surface area contributed by atoms with E-state index < -0.39 is 0 Å². The SMILES string of the molecule is COc1ccc(C=CC(C)=NNC(N)=S)cc1OC. The minimum absolute atomic E-state index is 0.138. The molecule has 3 N–H and O–H groups in total. The lowest BCUT2D eigenvalue weighted by Gasteiger charge is -2.07. The number of allylic oxidation sites excluding steroid dienone is 1. The van der Waals surface area contributed by atoms with E-state index in [0.29, 0.717) is 11.5 Å². The fourth-order valence-electron chi connectivity index (χ4n) is 1.35. The van der Waals surface area contributed by atoms with Gasteiger partial charge in [-0.25, -0.2) is 0 Å². The molecule has 102 valence electrons. The van der Waals surface area contributed by atoms with E-state index in [9.17, 15) is 0 Å². The number of rotatable bonds is 5. The molecule has 0 amide bonds. The molecule has 1 aromatic carbocycles. The molecular formula is C13H17N3O2S. The molecule has 0 saturated carbocycles. The van der Waals surface area contributed by atoms with E-state index in [1.165, 1.54) is 0 Å². The van der Waals surface area contributed by atoms with Crippen LogP contribution in [-0.4, -0.2) is 25.0 Å². The van der Waals surface area contributed by atoms with Gasteiger partial charge in [-0.15, -0.1) is 0 Å². The van der Waals surface area contributed by atoms with Gasteiger partial charge < -0.3 is 15.2 Å². The number of nitrogens with zero attached hydrogens (tertiary/aromatic N) is 1. The van der Waals surface area contributed by atoms with Gasteiger partial charge in [0.25, 0.3) is 0 Å². The Morgan fingerprint density at radius 1 is 1.32 bits per heavy atom. The topological polar surface area (TPSA) is 68.9 Å². The van der Waals surface area contributed by atoms with Gasteiger partial charge in [0.2, 0.25) is 0 Å². The van der Waals surface area contributed by atoms with E-state index in [1.54, 1.807) is 14.2 Å². The van der Waals surface area contributed by atoms with Crippen LogP contribution in [0.2, 0.25) is 0 Å². The maximum atomic E-state index is 5.28. The number of methoxy groups -OCH3 is 2. The third-order valence-electron chi connectivity index (χ3n) is 2.27. The highest BCUT2D eigenvalue weighted by molar-refractivity contribution is 7.80. The smallest absolute Gasteiger partial charge is 0.184 e. The number of nitrogens with two attached hydrogens (primary N) is 1. The molecule has 0 saturated heterocycles. The zero-order valence-corrected chi connectivity index (χ0v) is 12.0. The summed E-state index contributed by atoms with van der Waals surface area (Å²) in [6, 6.07) is 5.65. The molecule has 0 radical (unpaired) electrons. The molecule has 0 spiro atoms. The molecule has 0 aliphatic carbocycles. The monoisotopic (exact) mass is 279 g/mol. The van der Waals surface area contributed by atoms with Crippen LogP contribution >= 0.6 is 12.2 Å². The van der Waals surface area contributed by atoms with Crippen molar-refractivity contribution in [2.45, 2.75) is 6.92 Å². The molecule has 0 bridgehead atoms. The molecule has 0 aliphatic rings. The minimum atomic E-state index is 0.138. The normalized spacial score (nSPS) is 11.4. The summed E-state index contributed by atoms with van der Waals surface area (Å²) < 4.78 is 10.4. The average molecular weight is 279 g/mol. The minimum Gasteiger partial charge on any atom is -0.493 e. The van der Waals surface area contributed by atoms with Crippen LogP contribution in [0.1, 0.15) is 12.5 Å². The summed E-state index contributed by atoms with van der Waals surface area (Å²) >= 11 is 4.66. The van der Waals surface area contributed by atoms with Crippen molar-refractivity contribution < 1.29 is 9.47 Å². The van der Waals surface area contributed by atoms with Gasteiger partial charge in [0.1, 0.15) is 0 Å². The lowest BCUT2D eigenvalue weighted by Crippen LogP contribution is -2.24. The Hall–Kier alpha value is -2.08. The van der Waals surface area contributed by atoms with Crippen LogP contribution in [0, 0.1) is 0 Å². The van der Waals surface area contributed by atoms with Gasteiger partial charge in [-0.3, -0.25) is 5.43 Å². The van der Waals surface area contributed by atoms with Crippen molar-refractivity contribution >= 4 is 29.1 Å². The summed E-state index contributed by atoms with van der Waals surface area (Å²) in [4.78, 5) is 0. The summed E-state index contributed by atoms with van der Waals surface area (Å²) in [5.74, 6) is 1.38. The van der Waals surface area contributed by atoms with Gasteiger partial charge in [0.05, 0.1) is 19.9 Å². The number of hydrogen-bond donors (Lipinski definition) is 2. The van der Waals surface area contributed by atoms with Crippen LogP contribution in [0.5, 0.6) is 11.5 Å². The van der Waals surface area contributed by atoms with Crippen molar-refractivity contribution in [2.24, 2.45) is 10.8 Å². The molecule has 1 aromatic rings. The zero-order valence-electron chi connectivity index (χ0n) is 11.1. The third-order valence-corrected chi connectivity index (χ3v) is 2.36. The van der Waals surface area contributed by atoms with Gasteiger partial charge in [0, 0.05) is 0 Å². The average Bonchev–Trinajstić information content (AvgIpc) is 2.42. The summed E-state index contributed by atoms with van der Waals surface area (Å²) in [7, 11) is 3.20. The van der Waals surface area contributed by atoms with E-state index in [1.807, 2.05) is 37.3 Å². The summed E-state index contributed by atoms with van der Waals surface area (Å²) in [6.07, 6.45) is 3.74. The lowest BCUT2D eigenvalue weighted by atomic mass is 10.1. The Bertz CT molecular complexity index is 513. The van der Waals surface area contributed by atoms with Crippen molar-refractivity contribution in [3.05, 3.63) is 29.8 Å². The first kappa shape index (κ1) is 15.0. The van der Waals surface area contributed by atoms with E-state index in [2.05, 4.69) is 22.7 Å².